The molecule has 0 aliphatic heterocycles. The third-order valence-corrected chi connectivity index (χ3v) is 3.42. The number of hydrogen-bond acceptors (Lipinski definition) is 3. The molecule has 106 valence electrons. The van der Waals surface area contributed by atoms with E-state index in [-0.39, 0.29) is 6.54 Å². The minimum absolute atomic E-state index is 0.0950. The van der Waals surface area contributed by atoms with Crippen LogP contribution in [0.3, 0.4) is 0 Å². The summed E-state index contributed by atoms with van der Waals surface area (Å²) in [4.78, 5) is 6.05. The largest absolute Gasteiger partial charge is 0.390 e. The van der Waals surface area contributed by atoms with Gasteiger partial charge in [0.25, 0.3) is 0 Å². The summed E-state index contributed by atoms with van der Waals surface area (Å²) in [6.45, 7) is 0.203. The molecule has 2 N–H and O–H groups in total. The first kappa shape index (κ1) is 14.1. The number of nitrogens with zero attached hydrogens (tertiary/aromatic N) is 2. The van der Waals surface area contributed by atoms with Crippen molar-refractivity contribution in [2.45, 2.75) is 38.4 Å². The Hall–Kier alpha value is -1.30. The lowest BCUT2D eigenvalue weighted by atomic mass is 10.1. The molecule has 1 aliphatic rings. The molecule has 0 unspecified atom stereocenters. The van der Waals surface area contributed by atoms with Crippen molar-refractivity contribution in [1.82, 2.24) is 4.98 Å². The van der Waals surface area contributed by atoms with Crippen LogP contribution in [0.5, 0.6) is 0 Å². The first-order chi connectivity index (χ1) is 8.90. The Balaban J connectivity index is 2.18. The van der Waals surface area contributed by atoms with Gasteiger partial charge in [0.15, 0.2) is 0 Å². The zero-order valence-electron chi connectivity index (χ0n) is 10.9. The van der Waals surface area contributed by atoms with Gasteiger partial charge in [0.2, 0.25) is 0 Å². The van der Waals surface area contributed by atoms with Crippen molar-refractivity contribution >= 4 is 5.82 Å². The fourth-order valence-electron chi connectivity index (χ4n) is 2.39. The van der Waals surface area contributed by atoms with Crippen molar-refractivity contribution in [3.63, 3.8) is 0 Å². The van der Waals surface area contributed by atoms with Gasteiger partial charge in [0.05, 0.1) is 6.42 Å². The van der Waals surface area contributed by atoms with Crippen molar-refractivity contribution in [3.05, 3.63) is 22.9 Å². The second kappa shape index (κ2) is 5.36. The summed E-state index contributed by atoms with van der Waals surface area (Å²) < 4.78 is 36.8. The molecule has 0 fully saturated rings. The molecule has 1 heterocycles. The molecule has 0 radical (unpaired) electrons. The monoisotopic (exact) mass is 273 g/mol. The zero-order chi connectivity index (χ0) is 14.0. The third-order valence-electron chi connectivity index (χ3n) is 3.42. The summed E-state index contributed by atoms with van der Waals surface area (Å²) in [6.07, 6.45) is -2.04. The Morgan fingerprint density at radius 3 is 2.74 bits per heavy atom. The molecule has 2 rings (SSSR count). The topological polar surface area (TPSA) is 42.2 Å². The fourth-order valence-corrected chi connectivity index (χ4v) is 2.39. The van der Waals surface area contributed by atoms with Crippen molar-refractivity contribution in [2.24, 2.45) is 5.73 Å². The molecule has 1 aromatic rings. The molecule has 19 heavy (non-hydrogen) atoms. The van der Waals surface area contributed by atoms with Gasteiger partial charge in [-0.2, -0.15) is 13.2 Å². The number of anilines is 1. The van der Waals surface area contributed by atoms with Crippen LogP contribution in [-0.4, -0.2) is 24.8 Å². The summed E-state index contributed by atoms with van der Waals surface area (Å²) in [5, 5.41) is 0. The summed E-state index contributed by atoms with van der Waals surface area (Å²) in [5.74, 6) is 0.590. The quantitative estimate of drug-likeness (QED) is 0.916. The number of halogens is 3. The zero-order valence-corrected chi connectivity index (χ0v) is 10.9. The number of rotatable bonds is 4. The van der Waals surface area contributed by atoms with Gasteiger partial charge in [-0.3, -0.25) is 0 Å². The van der Waals surface area contributed by atoms with Crippen LogP contribution in [0, 0.1) is 0 Å². The van der Waals surface area contributed by atoms with Crippen LogP contribution in [0.15, 0.2) is 6.07 Å². The maximum Gasteiger partial charge on any atom is 0.390 e. The number of hydrogen-bond donors (Lipinski definition) is 1. The van der Waals surface area contributed by atoms with E-state index in [1.165, 1.54) is 5.56 Å². The van der Waals surface area contributed by atoms with Gasteiger partial charge in [-0.05, 0) is 30.9 Å². The van der Waals surface area contributed by atoms with E-state index in [4.69, 9.17) is 5.73 Å². The molecule has 0 aromatic carbocycles. The summed E-state index contributed by atoms with van der Waals surface area (Å²) in [7, 11) is 1.63. The molecule has 0 bridgehead atoms. The van der Waals surface area contributed by atoms with E-state index >= 15 is 0 Å². The van der Waals surface area contributed by atoms with E-state index in [2.05, 4.69) is 4.98 Å². The van der Waals surface area contributed by atoms with Gasteiger partial charge in [-0.25, -0.2) is 4.98 Å². The van der Waals surface area contributed by atoms with Crippen molar-refractivity contribution in [2.75, 3.05) is 18.5 Å². The minimum Gasteiger partial charge on any atom is -0.359 e. The van der Waals surface area contributed by atoms with Crippen LogP contribution in [0.2, 0.25) is 0 Å². The average molecular weight is 273 g/mol. The lowest BCUT2D eigenvalue weighted by Crippen LogP contribution is -2.26. The number of pyridine rings is 1. The smallest absolute Gasteiger partial charge is 0.359 e. The van der Waals surface area contributed by atoms with E-state index in [0.29, 0.717) is 12.4 Å². The van der Waals surface area contributed by atoms with Crippen LogP contribution in [0.25, 0.3) is 0 Å². The number of fused-ring (bicyclic) bond motifs is 1. The molecule has 0 spiro atoms. The van der Waals surface area contributed by atoms with Gasteiger partial charge in [0.1, 0.15) is 5.82 Å². The number of aryl methyl sites for hydroxylation is 2. The molecule has 0 atom stereocenters. The van der Waals surface area contributed by atoms with Gasteiger partial charge in [-0.15, -0.1) is 0 Å². The van der Waals surface area contributed by atoms with Crippen molar-refractivity contribution < 1.29 is 13.2 Å². The molecule has 1 aliphatic carbocycles. The van der Waals surface area contributed by atoms with Crippen LogP contribution in [-0.2, 0) is 19.4 Å². The Bertz CT molecular complexity index is 457. The molecule has 0 saturated heterocycles. The normalized spacial score (nSPS) is 14.6. The Kier molecular flexibility index (Phi) is 3.99. The predicted molar refractivity (Wildman–Crippen MR) is 68.1 cm³/mol. The van der Waals surface area contributed by atoms with E-state index in [9.17, 15) is 13.2 Å². The van der Waals surface area contributed by atoms with Gasteiger partial charge in [-0.1, -0.05) is 0 Å². The molecule has 0 amide bonds. The Morgan fingerprint density at radius 1 is 1.37 bits per heavy atom. The maximum atomic E-state index is 12.3. The number of aromatic nitrogens is 1. The van der Waals surface area contributed by atoms with E-state index in [1.807, 2.05) is 6.07 Å². The first-order valence-electron chi connectivity index (χ1n) is 6.40. The van der Waals surface area contributed by atoms with Crippen LogP contribution < -0.4 is 10.6 Å². The Labute approximate surface area is 110 Å². The second-order valence-electron chi connectivity index (χ2n) is 4.92. The fraction of sp³-hybridized carbons (Fsp3) is 0.615. The third kappa shape index (κ3) is 3.37. The van der Waals surface area contributed by atoms with Crippen molar-refractivity contribution in [3.8, 4) is 0 Å². The summed E-state index contributed by atoms with van der Waals surface area (Å²) >= 11 is 0. The van der Waals surface area contributed by atoms with Crippen LogP contribution in [0.1, 0.15) is 29.7 Å². The van der Waals surface area contributed by atoms with Gasteiger partial charge >= 0.3 is 6.18 Å². The molecular weight excluding hydrogens is 255 g/mol. The maximum absolute atomic E-state index is 12.3. The summed E-state index contributed by atoms with van der Waals surface area (Å²) in [5.41, 5.74) is 8.69. The van der Waals surface area contributed by atoms with E-state index < -0.39 is 12.6 Å². The highest BCUT2D eigenvalue weighted by molar-refractivity contribution is 5.50. The highest BCUT2D eigenvalue weighted by atomic mass is 19.4. The lowest BCUT2D eigenvalue weighted by Gasteiger charge is -2.22. The molecular formula is C13H18F3N3. The standard InChI is InChI=1S/C13H18F3N3/c1-19(6-5-13(14,15)16)12-10(8-17)7-9-3-2-4-11(9)18-12/h7H,2-6,8,17H2,1H3. The van der Waals surface area contributed by atoms with E-state index in [0.717, 1.165) is 30.5 Å². The average Bonchev–Trinajstić information content (AvgIpc) is 2.80. The molecule has 3 nitrogen and oxygen atoms in total. The molecule has 6 heteroatoms. The van der Waals surface area contributed by atoms with Gasteiger partial charge in [0, 0.05) is 31.4 Å². The lowest BCUT2D eigenvalue weighted by molar-refractivity contribution is -0.132. The minimum atomic E-state index is -4.14. The Morgan fingerprint density at radius 2 is 2.11 bits per heavy atom. The molecule has 0 saturated carbocycles. The van der Waals surface area contributed by atoms with E-state index in [1.54, 1.807) is 11.9 Å². The highest BCUT2D eigenvalue weighted by Crippen LogP contribution is 2.28. The van der Waals surface area contributed by atoms with Crippen LogP contribution >= 0.6 is 0 Å². The van der Waals surface area contributed by atoms with Crippen LogP contribution in [0.4, 0.5) is 19.0 Å². The molecule has 1 aromatic heterocycles. The SMILES string of the molecule is CN(CCC(F)(F)F)c1nc2c(cc1CN)CCC2. The highest BCUT2D eigenvalue weighted by Gasteiger charge is 2.28. The first-order valence-corrected chi connectivity index (χ1v) is 6.40. The second-order valence-corrected chi connectivity index (χ2v) is 4.92. The van der Waals surface area contributed by atoms with Gasteiger partial charge < -0.3 is 10.6 Å². The predicted octanol–water partition coefficient (Wildman–Crippen LogP) is 2.42. The van der Waals surface area contributed by atoms with Crippen molar-refractivity contribution in [1.29, 1.82) is 0 Å². The number of nitrogens with two attached hydrogens (primary N) is 1. The summed E-state index contributed by atoms with van der Waals surface area (Å²) in [6, 6.07) is 1.99. The number of alkyl halides is 3.